The number of aromatic nitrogens is 1. The smallest absolute Gasteiger partial charge is 0.356 e. The summed E-state index contributed by atoms with van der Waals surface area (Å²) in [6, 6.07) is 9.17. The van der Waals surface area contributed by atoms with E-state index in [2.05, 4.69) is 10.3 Å². The topological polar surface area (TPSA) is 121 Å². The Morgan fingerprint density at radius 1 is 1.22 bits per heavy atom. The van der Waals surface area contributed by atoms with E-state index in [1.165, 1.54) is 0 Å². The largest absolute Gasteiger partial charge is 0.461 e. The normalized spacial score (nSPS) is 21.3. The number of nitrogens with one attached hydrogen (secondary N) is 1. The molecule has 0 aliphatic carbocycles. The first kappa shape index (κ1) is 28.6. The summed E-state index contributed by atoms with van der Waals surface area (Å²) in [4.78, 5) is 30.4. The number of rotatable bonds is 11. The summed E-state index contributed by atoms with van der Waals surface area (Å²) >= 11 is 0. The van der Waals surface area contributed by atoms with E-state index in [1.807, 2.05) is 18.9 Å². The molecule has 1 aromatic carbocycles. The third-order valence-corrected chi connectivity index (χ3v) is 6.51. The minimum Gasteiger partial charge on any atom is -0.461 e. The maximum Gasteiger partial charge on any atom is 0.356 e. The van der Waals surface area contributed by atoms with Gasteiger partial charge >= 0.3 is 5.97 Å². The van der Waals surface area contributed by atoms with Crippen molar-refractivity contribution in [1.29, 1.82) is 0 Å². The van der Waals surface area contributed by atoms with Crippen molar-refractivity contribution < 1.29 is 33.7 Å². The summed E-state index contributed by atoms with van der Waals surface area (Å²) in [5.41, 5.74) is 2.24. The maximum atomic E-state index is 13.8. The van der Waals surface area contributed by atoms with Crippen molar-refractivity contribution >= 4 is 11.9 Å². The van der Waals surface area contributed by atoms with Crippen LogP contribution in [0.15, 0.2) is 42.6 Å². The van der Waals surface area contributed by atoms with Crippen molar-refractivity contribution in [3.05, 3.63) is 53.9 Å². The number of nitrogens with zero attached hydrogens (tertiary/aromatic N) is 2. The fourth-order valence-electron chi connectivity index (χ4n) is 4.39. The van der Waals surface area contributed by atoms with Gasteiger partial charge in [0.2, 0.25) is 5.91 Å². The molecule has 37 heavy (non-hydrogen) atoms. The van der Waals surface area contributed by atoms with E-state index >= 15 is 0 Å². The van der Waals surface area contributed by atoms with Gasteiger partial charge in [-0.3, -0.25) is 4.79 Å². The van der Waals surface area contributed by atoms with Gasteiger partial charge in [-0.2, -0.15) is 0 Å². The lowest BCUT2D eigenvalue weighted by Gasteiger charge is -2.36. The summed E-state index contributed by atoms with van der Waals surface area (Å²) < 4.78 is 24.0. The second kappa shape index (κ2) is 13.6. The number of aliphatic hydroxyl groups is 2. The van der Waals surface area contributed by atoms with E-state index in [1.54, 1.807) is 49.5 Å². The molecule has 0 unspecified atom stereocenters. The number of amides is 1. The molecule has 0 saturated carbocycles. The molecule has 1 amide bonds. The van der Waals surface area contributed by atoms with Crippen LogP contribution in [0.1, 0.15) is 55.3 Å². The number of ether oxygens (including phenoxy) is 2. The van der Waals surface area contributed by atoms with Crippen LogP contribution in [0, 0.1) is 0 Å². The van der Waals surface area contributed by atoms with Crippen LogP contribution in [0.5, 0.6) is 0 Å². The molecule has 1 fully saturated rings. The van der Waals surface area contributed by atoms with E-state index in [9.17, 15) is 24.2 Å². The monoisotopic (exact) mass is 517 g/mol. The number of alkyl halides is 1. The Labute approximate surface area is 216 Å². The number of carbonyl (C=O) groups excluding carboxylic acids is 2. The van der Waals surface area contributed by atoms with Gasteiger partial charge in [-0.05, 0) is 44.5 Å². The molecule has 1 aliphatic heterocycles. The molecule has 2 aromatic rings. The Morgan fingerprint density at radius 2 is 1.92 bits per heavy atom. The molecule has 0 spiro atoms. The first-order chi connectivity index (χ1) is 17.7. The maximum absolute atomic E-state index is 13.8. The molecular formula is C27H36FN3O6. The molecule has 1 aromatic heterocycles. The van der Waals surface area contributed by atoms with Crippen LogP contribution < -0.4 is 5.32 Å². The number of hydrogen-bond acceptors (Lipinski definition) is 8. The number of aliphatic hydroxyl groups excluding tert-OH is 2. The molecule has 10 heteroatoms. The van der Waals surface area contributed by atoms with Crippen molar-refractivity contribution in [3.63, 3.8) is 0 Å². The highest BCUT2D eigenvalue weighted by Gasteiger charge is 2.29. The fourth-order valence-corrected chi connectivity index (χ4v) is 4.39. The van der Waals surface area contributed by atoms with Crippen LogP contribution in [0.3, 0.4) is 0 Å². The Bertz CT molecular complexity index is 1010. The molecule has 9 nitrogen and oxygen atoms in total. The molecule has 5 atom stereocenters. The highest BCUT2D eigenvalue weighted by Crippen LogP contribution is 2.24. The first-order valence-electron chi connectivity index (χ1n) is 12.5. The SMILES string of the molecule is CCOC(=O)c1ccc(-c2ccc([C@@H](O)[C@@H](CF)NC(=O)CCN(C)[C@H]3C[C@@H](C)O[C@@H](O)C3)cc2)cn1. The Morgan fingerprint density at radius 3 is 2.51 bits per heavy atom. The molecule has 0 bridgehead atoms. The zero-order valence-corrected chi connectivity index (χ0v) is 21.5. The number of halogens is 1. The molecular weight excluding hydrogens is 481 g/mol. The van der Waals surface area contributed by atoms with Gasteiger partial charge in [0.05, 0.1) is 18.8 Å². The fraction of sp³-hybridized carbons (Fsp3) is 0.519. The molecule has 1 aliphatic rings. The van der Waals surface area contributed by atoms with Crippen LogP contribution in [0.2, 0.25) is 0 Å². The average Bonchev–Trinajstić information content (AvgIpc) is 2.89. The van der Waals surface area contributed by atoms with Gasteiger partial charge in [0.15, 0.2) is 6.29 Å². The quantitative estimate of drug-likeness (QED) is 0.389. The molecule has 1 saturated heterocycles. The highest BCUT2D eigenvalue weighted by molar-refractivity contribution is 5.87. The van der Waals surface area contributed by atoms with Crippen molar-refractivity contribution in [2.24, 2.45) is 0 Å². The number of pyridine rings is 1. The predicted molar refractivity (Wildman–Crippen MR) is 135 cm³/mol. The van der Waals surface area contributed by atoms with E-state index in [4.69, 9.17) is 9.47 Å². The van der Waals surface area contributed by atoms with Crippen molar-refractivity contribution in [3.8, 4) is 11.1 Å². The first-order valence-corrected chi connectivity index (χ1v) is 12.5. The van der Waals surface area contributed by atoms with Gasteiger partial charge in [0.1, 0.15) is 18.5 Å². The second-order valence-corrected chi connectivity index (χ2v) is 9.30. The zero-order valence-electron chi connectivity index (χ0n) is 21.5. The third kappa shape index (κ3) is 8.03. The van der Waals surface area contributed by atoms with Crippen LogP contribution in [0.25, 0.3) is 11.1 Å². The van der Waals surface area contributed by atoms with E-state index in [0.29, 0.717) is 18.5 Å². The van der Waals surface area contributed by atoms with Gasteiger partial charge in [0, 0.05) is 37.2 Å². The Hall–Kier alpha value is -2.92. The highest BCUT2D eigenvalue weighted by atomic mass is 19.1. The molecule has 0 radical (unpaired) electrons. The van der Waals surface area contributed by atoms with Gasteiger partial charge in [-0.1, -0.05) is 30.3 Å². The third-order valence-electron chi connectivity index (χ3n) is 6.51. The summed E-state index contributed by atoms with van der Waals surface area (Å²) in [7, 11) is 1.88. The van der Waals surface area contributed by atoms with Crippen LogP contribution >= 0.6 is 0 Å². The van der Waals surface area contributed by atoms with Crippen LogP contribution in [-0.2, 0) is 14.3 Å². The standard InChI is InChI=1S/C27H36FN3O6/c1-4-36-27(35)22-10-9-20(16-29-22)18-5-7-19(8-6-18)26(34)23(15-28)30-24(32)11-12-31(3)21-13-17(2)37-25(33)14-21/h5-10,16-17,21,23,25-26,33-34H,4,11-15H2,1-3H3,(H,30,32)/t17-,21+,23-,25-,26-/m1/s1. The van der Waals surface area contributed by atoms with Crippen LogP contribution in [-0.4, -0.2) is 83.3 Å². The molecule has 3 N–H and O–H groups in total. The predicted octanol–water partition coefficient (Wildman–Crippen LogP) is 2.62. The lowest BCUT2D eigenvalue weighted by atomic mass is 9.99. The van der Waals surface area contributed by atoms with Gasteiger partial charge in [-0.15, -0.1) is 0 Å². The zero-order chi connectivity index (χ0) is 26.9. The molecule has 2 heterocycles. The van der Waals surface area contributed by atoms with Gasteiger partial charge in [0.25, 0.3) is 0 Å². The molecule has 202 valence electrons. The summed E-state index contributed by atoms with van der Waals surface area (Å²) in [6.45, 7) is 3.40. The molecule has 3 rings (SSSR count). The lowest BCUT2D eigenvalue weighted by Crippen LogP contribution is -2.45. The Kier molecular flexibility index (Phi) is 10.5. The van der Waals surface area contributed by atoms with E-state index in [0.717, 1.165) is 17.5 Å². The van der Waals surface area contributed by atoms with E-state index in [-0.39, 0.29) is 36.8 Å². The summed E-state index contributed by atoms with van der Waals surface area (Å²) in [5, 5.41) is 23.1. The summed E-state index contributed by atoms with van der Waals surface area (Å²) in [5.74, 6) is -0.853. The van der Waals surface area contributed by atoms with Gasteiger partial charge < -0.3 is 29.9 Å². The van der Waals surface area contributed by atoms with Crippen LogP contribution in [0.4, 0.5) is 4.39 Å². The number of carbonyl (C=O) groups is 2. The minimum atomic E-state index is -1.23. The van der Waals surface area contributed by atoms with Crippen molar-refractivity contribution in [2.75, 3.05) is 26.9 Å². The average molecular weight is 518 g/mol. The second-order valence-electron chi connectivity index (χ2n) is 9.30. The van der Waals surface area contributed by atoms with Crippen molar-refractivity contribution in [1.82, 2.24) is 15.2 Å². The number of esters is 1. The van der Waals surface area contributed by atoms with Gasteiger partial charge in [-0.25, -0.2) is 14.2 Å². The van der Waals surface area contributed by atoms with E-state index < -0.39 is 31.1 Å². The minimum absolute atomic E-state index is 0.0669. The lowest BCUT2D eigenvalue weighted by molar-refractivity contribution is -0.173. The number of benzene rings is 1. The number of hydrogen-bond donors (Lipinski definition) is 3. The summed E-state index contributed by atoms with van der Waals surface area (Å²) in [6.07, 6.45) is 0.802. The van der Waals surface area contributed by atoms with Crippen molar-refractivity contribution in [2.45, 2.75) is 63.7 Å². The Balaban J connectivity index is 1.54.